The number of nitrogens with zero attached hydrogens (tertiary/aromatic N) is 3. The fraction of sp³-hybridized carbons (Fsp3) is 0.387. The minimum atomic E-state index is -0.798. The molecule has 2 aromatic rings. The van der Waals surface area contributed by atoms with Gasteiger partial charge in [-0.2, -0.15) is 0 Å². The van der Waals surface area contributed by atoms with E-state index in [0.717, 1.165) is 54.1 Å². The second-order valence-corrected chi connectivity index (χ2v) is 11.0. The van der Waals surface area contributed by atoms with Crippen molar-refractivity contribution in [1.29, 1.82) is 0 Å². The molecule has 2 aromatic carbocycles. The first-order valence-electron chi connectivity index (χ1n) is 13.5. The lowest BCUT2D eigenvalue weighted by Gasteiger charge is -2.31. The molecule has 4 atom stereocenters. The molecule has 2 aliphatic heterocycles. The van der Waals surface area contributed by atoms with Gasteiger partial charge in [0.1, 0.15) is 12.0 Å². The highest BCUT2D eigenvalue weighted by Gasteiger charge is 2.33. The Morgan fingerprint density at radius 3 is 2.59 bits per heavy atom. The van der Waals surface area contributed by atoms with E-state index >= 15 is 0 Å². The van der Waals surface area contributed by atoms with Crippen LogP contribution in [0.4, 0.5) is 4.39 Å². The van der Waals surface area contributed by atoms with Crippen molar-refractivity contribution in [3.05, 3.63) is 94.3 Å². The van der Waals surface area contributed by atoms with E-state index in [9.17, 15) is 14.3 Å². The molecule has 1 fully saturated rings. The molecule has 39 heavy (non-hydrogen) atoms. The maximum Gasteiger partial charge on any atom is 0.303 e. The van der Waals surface area contributed by atoms with Crippen LogP contribution in [0.1, 0.15) is 43.2 Å². The Morgan fingerprint density at radius 2 is 1.85 bits per heavy atom. The van der Waals surface area contributed by atoms with E-state index in [2.05, 4.69) is 4.90 Å². The zero-order valence-electron chi connectivity index (χ0n) is 21.7. The molecule has 5 rings (SSSR count). The number of aliphatic hydroxyl groups is 1. The number of carbonyl (C=O) groups is 1. The van der Waals surface area contributed by atoms with E-state index in [0.29, 0.717) is 30.2 Å². The molecule has 8 heteroatoms. The maximum absolute atomic E-state index is 13.2. The summed E-state index contributed by atoms with van der Waals surface area (Å²) in [6, 6.07) is 13.8. The smallest absolute Gasteiger partial charge is 0.303 e. The normalized spacial score (nSPS) is 23.6. The van der Waals surface area contributed by atoms with Gasteiger partial charge in [-0.1, -0.05) is 54.1 Å². The van der Waals surface area contributed by atoms with Gasteiger partial charge in [0.25, 0.3) is 0 Å². The van der Waals surface area contributed by atoms with Crippen LogP contribution in [-0.2, 0) is 11.2 Å². The molecule has 0 radical (unpaired) electrons. The van der Waals surface area contributed by atoms with Crippen LogP contribution in [0.2, 0.25) is 5.02 Å². The van der Waals surface area contributed by atoms with Crippen LogP contribution in [-0.4, -0.2) is 63.9 Å². The van der Waals surface area contributed by atoms with E-state index in [1.807, 2.05) is 54.6 Å². The fourth-order valence-electron chi connectivity index (χ4n) is 5.56. The Morgan fingerprint density at radius 1 is 1.08 bits per heavy atom. The quantitative estimate of drug-likeness (QED) is 0.384. The molecule has 0 spiro atoms. The van der Waals surface area contributed by atoms with Crippen LogP contribution in [0.15, 0.2) is 82.3 Å². The lowest BCUT2D eigenvalue weighted by atomic mass is 9.92. The number of halogens is 2. The summed E-state index contributed by atoms with van der Waals surface area (Å²) in [6.45, 7) is 1.57. The van der Waals surface area contributed by atoms with Gasteiger partial charge in [-0.05, 0) is 73.4 Å². The molecule has 6 nitrogen and oxygen atoms in total. The molecule has 4 unspecified atom stereocenters. The second kappa shape index (κ2) is 12.4. The SMILES string of the molecule is O=C(O)CCCCC1=NC2C=C(C(O)N3CCC(Cc4ccc(F)cc4)C3)C=CC2N=C1c1ccc(Cl)cc1. The standard InChI is InChI=1S/C31H33ClFN3O3/c32-24-10-7-22(8-11-24)30-27(3-1-2-4-29(37)38)34-28-18-23(9-14-26(28)35-30)31(39)36-16-15-21(19-36)17-20-5-12-25(33)13-6-20/h5-14,18,21,26,28,31,39H,1-4,15-17,19H2,(H,37,38). The molecular weight excluding hydrogens is 517 g/mol. The van der Waals surface area contributed by atoms with Gasteiger partial charge in [0, 0.05) is 30.1 Å². The average molecular weight is 550 g/mol. The average Bonchev–Trinajstić information content (AvgIpc) is 3.40. The molecule has 1 aliphatic carbocycles. The number of unbranched alkanes of at least 4 members (excludes halogenated alkanes) is 1. The van der Waals surface area contributed by atoms with E-state index < -0.39 is 12.2 Å². The number of fused-ring (bicyclic) bond motifs is 1. The zero-order valence-corrected chi connectivity index (χ0v) is 22.5. The van der Waals surface area contributed by atoms with Crippen LogP contribution in [0.3, 0.4) is 0 Å². The third-order valence-electron chi connectivity index (χ3n) is 7.63. The second-order valence-electron chi connectivity index (χ2n) is 10.5. The summed E-state index contributed by atoms with van der Waals surface area (Å²) in [5.41, 5.74) is 4.53. The predicted molar refractivity (Wildman–Crippen MR) is 152 cm³/mol. The molecule has 1 saturated heterocycles. The number of carboxylic acids is 1. The molecule has 0 amide bonds. The maximum atomic E-state index is 13.2. The minimum Gasteiger partial charge on any atom is -0.481 e. The van der Waals surface area contributed by atoms with Crippen LogP contribution in [0, 0.1) is 11.7 Å². The molecule has 2 heterocycles. The Bertz CT molecular complexity index is 1300. The van der Waals surface area contributed by atoms with Crippen molar-refractivity contribution in [2.75, 3.05) is 13.1 Å². The van der Waals surface area contributed by atoms with Crippen molar-refractivity contribution < 1.29 is 19.4 Å². The molecule has 0 saturated carbocycles. The zero-order chi connectivity index (χ0) is 27.4. The number of benzene rings is 2. The monoisotopic (exact) mass is 549 g/mol. The van der Waals surface area contributed by atoms with Crippen LogP contribution in [0.25, 0.3) is 0 Å². The van der Waals surface area contributed by atoms with Gasteiger partial charge in [-0.25, -0.2) is 4.39 Å². The van der Waals surface area contributed by atoms with Gasteiger partial charge >= 0.3 is 5.97 Å². The Kier molecular flexibility index (Phi) is 8.70. The number of hydrogen-bond donors (Lipinski definition) is 2. The predicted octanol–water partition coefficient (Wildman–Crippen LogP) is 5.48. The summed E-state index contributed by atoms with van der Waals surface area (Å²) in [7, 11) is 0. The van der Waals surface area contributed by atoms with Crippen molar-refractivity contribution in [2.24, 2.45) is 15.9 Å². The minimum absolute atomic E-state index is 0.129. The van der Waals surface area contributed by atoms with E-state index in [1.54, 1.807) is 0 Å². The van der Waals surface area contributed by atoms with Crippen LogP contribution in [0.5, 0.6) is 0 Å². The highest BCUT2D eigenvalue weighted by molar-refractivity contribution is 6.49. The lowest BCUT2D eigenvalue weighted by Crippen LogP contribution is -2.38. The summed E-state index contributed by atoms with van der Waals surface area (Å²) in [6.07, 6.45) is 9.13. The largest absolute Gasteiger partial charge is 0.481 e. The Labute approximate surface area is 233 Å². The third kappa shape index (κ3) is 6.90. The van der Waals surface area contributed by atoms with Crippen molar-refractivity contribution >= 4 is 29.0 Å². The van der Waals surface area contributed by atoms with E-state index in [1.165, 1.54) is 12.1 Å². The van der Waals surface area contributed by atoms with Crippen molar-refractivity contribution in [3.8, 4) is 0 Å². The molecule has 3 aliphatic rings. The van der Waals surface area contributed by atoms with Gasteiger partial charge in [0.15, 0.2) is 0 Å². The number of aliphatic imine (C=N–C) groups is 2. The first-order chi connectivity index (χ1) is 18.9. The topological polar surface area (TPSA) is 85.5 Å². The molecular formula is C31H33ClFN3O3. The fourth-order valence-corrected chi connectivity index (χ4v) is 5.69. The number of likely N-dealkylation sites (tertiary alicyclic amines) is 1. The van der Waals surface area contributed by atoms with Crippen LogP contribution < -0.4 is 0 Å². The van der Waals surface area contributed by atoms with Gasteiger partial charge in [0.2, 0.25) is 0 Å². The molecule has 204 valence electrons. The Hall–Kier alpha value is -3.13. The molecule has 0 bridgehead atoms. The number of hydrogen-bond acceptors (Lipinski definition) is 5. The lowest BCUT2D eigenvalue weighted by molar-refractivity contribution is -0.137. The van der Waals surface area contributed by atoms with Crippen molar-refractivity contribution in [2.45, 2.75) is 56.8 Å². The first kappa shape index (κ1) is 27.4. The number of aliphatic carboxylic acids is 1. The molecule has 0 aromatic heterocycles. The summed E-state index contributed by atoms with van der Waals surface area (Å²) >= 11 is 6.10. The van der Waals surface area contributed by atoms with Crippen molar-refractivity contribution in [3.63, 3.8) is 0 Å². The van der Waals surface area contributed by atoms with Crippen LogP contribution >= 0.6 is 11.6 Å². The van der Waals surface area contributed by atoms with E-state index in [4.69, 9.17) is 26.7 Å². The third-order valence-corrected chi connectivity index (χ3v) is 7.88. The number of aliphatic hydroxyl groups excluding tert-OH is 1. The summed E-state index contributed by atoms with van der Waals surface area (Å²) in [4.78, 5) is 23.1. The molecule has 2 N–H and O–H groups in total. The van der Waals surface area contributed by atoms with Gasteiger partial charge < -0.3 is 10.2 Å². The summed E-state index contributed by atoms with van der Waals surface area (Å²) in [5.74, 6) is -0.620. The van der Waals surface area contributed by atoms with Gasteiger partial charge in [0.05, 0.1) is 23.5 Å². The number of carboxylic acid groups (broad SMARTS) is 1. The Balaban J connectivity index is 1.28. The van der Waals surface area contributed by atoms with Gasteiger partial charge in [-0.3, -0.25) is 19.7 Å². The van der Waals surface area contributed by atoms with Crippen molar-refractivity contribution in [1.82, 2.24) is 4.90 Å². The van der Waals surface area contributed by atoms with E-state index in [-0.39, 0.29) is 24.3 Å². The highest BCUT2D eigenvalue weighted by Crippen LogP contribution is 2.29. The van der Waals surface area contributed by atoms with Gasteiger partial charge in [-0.15, -0.1) is 0 Å². The number of rotatable bonds is 10. The highest BCUT2D eigenvalue weighted by atomic mass is 35.5. The first-order valence-corrected chi connectivity index (χ1v) is 13.9. The summed E-state index contributed by atoms with van der Waals surface area (Å²) in [5, 5.41) is 20.9. The summed E-state index contributed by atoms with van der Waals surface area (Å²) < 4.78 is 13.2.